The second-order valence-electron chi connectivity index (χ2n) is 5.93. The van der Waals surface area contributed by atoms with Crippen LogP contribution in [-0.2, 0) is 4.74 Å². The normalized spacial score (nSPS) is 11.6. The van der Waals surface area contributed by atoms with Gasteiger partial charge in [0.15, 0.2) is 0 Å². The number of hydrogen-bond donors (Lipinski definition) is 1. The Hall–Kier alpha value is -1.06. The van der Waals surface area contributed by atoms with Crippen molar-refractivity contribution in [2.75, 3.05) is 31.1 Å². The minimum absolute atomic E-state index is 0.0772. The Kier molecular flexibility index (Phi) is 6.32. The first kappa shape index (κ1) is 16.0. The summed E-state index contributed by atoms with van der Waals surface area (Å²) in [5.74, 6) is 0. The molecule has 2 N–H and O–H groups in total. The number of nitrogens with zero attached hydrogens (tertiary/aromatic N) is 1. The Morgan fingerprint density at radius 2 is 1.95 bits per heavy atom. The monoisotopic (exact) mass is 264 g/mol. The molecule has 19 heavy (non-hydrogen) atoms. The maximum Gasteiger partial charge on any atom is 0.0648 e. The van der Waals surface area contributed by atoms with Crippen LogP contribution in [-0.4, -0.2) is 31.8 Å². The highest BCUT2D eigenvalue weighted by molar-refractivity contribution is 5.48. The van der Waals surface area contributed by atoms with Crippen molar-refractivity contribution < 1.29 is 4.74 Å². The summed E-state index contributed by atoms with van der Waals surface area (Å²) in [7, 11) is 0. The highest BCUT2D eigenvalue weighted by atomic mass is 16.5. The second kappa shape index (κ2) is 7.51. The maximum absolute atomic E-state index is 5.82. The van der Waals surface area contributed by atoms with Crippen LogP contribution < -0.4 is 10.6 Å². The van der Waals surface area contributed by atoms with Gasteiger partial charge in [-0.15, -0.1) is 0 Å². The van der Waals surface area contributed by atoms with Gasteiger partial charge in [-0.05, 0) is 58.4 Å². The second-order valence-corrected chi connectivity index (χ2v) is 5.93. The summed E-state index contributed by atoms with van der Waals surface area (Å²) in [4.78, 5) is 2.35. The lowest BCUT2D eigenvalue weighted by Crippen LogP contribution is -2.32. The number of ether oxygens (including phenoxy) is 1. The van der Waals surface area contributed by atoms with Gasteiger partial charge >= 0.3 is 0 Å². The fraction of sp³-hybridized carbons (Fsp3) is 0.625. The van der Waals surface area contributed by atoms with Crippen molar-refractivity contribution in [2.45, 2.75) is 39.7 Å². The third-order valence-electron chi connectivity index (χ3n) is 2.90. The molecule has 108 valence electrons. The minimum atomic E-state index is -0.0772. The zero-order valence-electron chi connectivity index (χ0n) is 12.8. The Bertz CT molecular complexity index is 371. The largest absolute Gasteiger partial charge is 0.374 e. The van der Waals surface area contributed by atoms with Crippen LogP contribution >= 0.6 is 0 Å². The molecule has 0 radical (unpaired) electrons. The molecular weight excluding hydrogens is 236 g/mol. The lowest BCUT2D eigenvalue weighted by atomic mass is 10.2. The zero-order valence-corrected chi connectivity index (χ0v) is 12.8. The number of nitrogens with two attached hydrogens (primary N) is 1. The van der Waals surface area contributed by atoms with Gasteiger partial charge in [0, 0.05) is 18.8 Å². The average molecular weight is 264 g/mol. The Balaban J connectivity index is 2.61. The summed E-state index contributed by atoms with van der Waals surface area (Å²) in [6, 6.07) is 8.59. The van der Waals surface area contributed by atoms with Crippen molar-refractivity contribution in [1.82, 2.24) is 0 Å². The van der Waals surface area contributed by atoms with E-state index in [1.54, 1.807) is 0 Å². The SMILES string of the molecule is Cc1cccc(N(CCCN)CCOC(C)(C)C)c1. The number of anilines is 1. The Morgan fingerprint density at radius 3 is 2.53 bits per heavy atom. The molecule has 0 saturated carbocycles. The first-order valence-corrected chi connectivity index (χ1v) is 7.08. The molecule has 0 fully saturated rings. The van der Waals surface area contributed by atoms with Crippen LogP contribution in [0.1, 0.15) is 32.8 Å². The third kappa shape index (κ3) is 6.60. The molecule has 1 rings (SSSR count). The van der Waals surface area contributed by atoms with Gasteiger partial charge in [0.1, 0.15) is 0 Å². The van der Waals surface area contributed by atoms with E-state index in [0.29, 0.717) is 0 Å². The number of benzene rings is 1. The molecular formula is C16H28N2O. The number of hydrogen-bond acceptors (Lipinski definition) is 3. The van der Waals surface area contributed by atoms with Crippen LogP contribution in [0.5, 0.6) is 0 Å². The predicted molar refractivity (Wildman–Crippen MR) is 82.8 cm³/mol. The summed E-state index contributed by atoms with van der Waals surface area (Å²) in [5, 5.41) is 0. The van der Waals surface area contributed by atoms with Crippen molar-refractivity contribution >= 4 is 5.69 Å². The quantitative estimate of drug-likeness (QED) is 0.823. The molecule has 0 spiro atoms. The minimum Gasteiger partial charge on any atom is -0.374 e. The summed E-state index contributed by atoms with van der Waals surface area (Å²) < 4.78 is 5.82. The molecule has 3 nitrogen and oxygen atoms in total. The van der Waals surface area contributed by atoms with E-state index in [0.717, 1.165) is 32.7 Å². The predicted octanol–water partition coefficient (Wildman–Crippen LogP) is 2.97. The Labute approximate surface area is 117 Å². The summed E-state index contributed by atoms with van der Waals surface area (Å²) >= 11 is 0. The highest BCUT2D eigenvalue weighted by Gasteiger charge is 2.12. The van der Waals surface area contributed by atoms with E-state index in [2.05, 4.69) is 56.9 Å². The molecule has 0 heterocycles. The van der Waals surface area contributed by atoms with E-state index in [9.17, 15) is 0 Å². The van der Waals surface area contributed by atoms with Crippen LogP contribution in [0.15, 0.2) is 24.3 Å². The van der Waals surface area contributed by atoms with E-state index >= 15 is 0 Å². The van der Waals surface area contributed by atoms with E-state index in [4.69, 9.17) is 10.5 Å². The van der Waals surface area contributed by atoms with Gasteiger partial charge in [0.05, 0.1) is 12.2 Å². The van der Waals surface area contributed by atoms with Gasteiger partial charge in [0.25, 0.3) is 0 Å². The fourth-order valence-electron chi connectivity index (χ4n) is 1.94. The van der Waals surface area contributed by atoms with Crippen LogP contribution in [0.2, 0.25) is 0 Å². The molecule has 0 atom stereocenters. The third-order valence-corrected chi connectivity index (χ3v) is 2.90. The average Bonchev–Trinajstić information content (AvgIpc) is 2.32. The maximum atomic E-state index is 5.82. The first-order valence-electron chi connectivity index (χ1n) is 7.08. The number of aryl methyl sites for hydroxylation is 1. The molecule has 0 aliphatic heterocycles. The molecule has 1 aromatic rings. The molecule has 1 aromatic carbocycles. The van der Waals surface area contributed by atoms with Crippen LogP contribution in [0.3, 0.4) is 0 Å². The van der Waals surface area contributed by atoms with Gasteiger partial charge < -0.3 is 15.4 Å². The summed E-state index contributed by atoms with van der Waals surface area (Å²) in [5.41, 5.74) is 8.09. The van der Waals surface area contributed by atoms with Gasteiger partial charge in [-0.1, -0.05) is 12.1 Å². The van der Waals surface area contributed by atoms with E-state index in [-0.39, 0.29) is 5.60 Å². The summed E-state index contributed by atoms with van der Waals surface area (Å²) in [6.45, 7) is 11.7. The van der Waals surface area contributed by atoms with Gasteiger partial charge in [-0.25, -0.2) is 0 Å². The topological polar surface area (TPSA) is 38.5 Å². The van der Waals surface area contributed by atoms with Gasteiger partial charge in [-0.3, -0.25) is 0 Å². The molecule has 0 saturated heterocycles. The highest BCUT2D eigenvalue weighted by Crippen LogP contribution is 2.16. The van der Waals surface area contributed by atoms with Crippen LogP contribution in [0.25, 0.3) is 0 Å². The van der Waals surface area contributed by atoms with Crippen molar-refractivity contribution in [3.63, 3.8) is 0 Å². The zero-order chi connectivity index (χ0) is 14.3. The smallest absolute Gasteiger partial charge is 0.0648 e. The molecule has 0 aromatic heterocycles. The molecule has 0 aliphatic carbocycles. The van der Waals surface area contributed by atoms with Gasteiger partial charge in [-0.2, -0.15) is 0 Å². The molecule has 0 unspecified atom stereocenters. The fourth-order valence-corrected chi connectivity index (χ4v) is 1.94. The van der Waals surface area contributed by atoms with Crippen molar-refractivity contribution in [3.8, 4) is 0 Å². The first-order chi connectivity index (χ1) is 8.92. The molecule has 0 amide bonds. The standard InChI is InChI=1S/C16H28N2O/c1-14-7-5-8-15(13-14)18(10-6-9-17)11-12-19-16(2,3)4/h5,7-8,13H,6,9-12,17H2,1-4H3. The molecule has 0 bridgehead atoms. The van der Waals surface area contributed by atoms with Crippen LogP contribution in [0, 0.1) is 6.92 Å². The molecule has 3 heteroatoms. The molecule has 0 aliphatic rings. The van der Waals surface area contributed by atoms with Gasteiger partial charge in [0.2, 0.25) is 0 Å². The van der Waals surface area contributed by atoms with E-state index in [1.807, 2.05) is 0 Å². The Morgan fingerprint density at radius 1 is 1.21 bits per heavy atom. The van der Waals surface area contributed by atoms with E-state index in [1.165, 1.54) is 11.3 Å². The van der Waals surface area contributed by atoms with Crippen molar-refractivity contribution in [3.05, 3.63) is 29.8 Å². The summed E-state index contributed by atoms with van der Waals surface area (Å²) in [6.07, 6.45) is 1.00. The number of rotatable bonds is 7. The van der Waals surface area contributed by atoms with E-state index < -0.39 is 0 Å². The van der Waals surface area contributed by atoms with Crippen molar-refractivity contribution in [2.24, 2.45) is 5.73 Å². The lowest BCUT2D eigenvalue weighted by molar-refractivity contribution is 0.00135. The van der Waals surface area contributed by atoms with Crippen LogP contribution in [0.4, 0.5) is 5.69 Å². The van der Waals surface area contributed by atoms with Crippen molar-refractivity contribution in [1.29, 1.82) is 0 Å². The lowest BCUT2D eigenvalue weighted by Gasteiger charge is -2.27.